The van der Waals surface area contributed by atoms with Crippen molar-refractivity contribution in [1.82, 2.24) is 19.5 Å². The molecule has 2 saturated carbocycles. The number of aliphatic hydroxyl groups excluding tert-OH is 2. The number of rotatable bonds is 5. The van der Waals surface area contributed by atoms with E-state index in [1.165, 1.54) is 12.8 Å². The molecule has 5 atom stereocenters. The number of anilines is 1. The van der Waals surface area contributed by atoms with Crippen LogP contribution in [0.4, 0.5) is 5.82 Å². The van der Waals surface area contributed by atoms with E-state index in [0.29, 0.717) is 30.4 Å². The molecule has 26 heavy (non-hydrogen) atoms. The lowest BCUT2D eigenvalue weighted by Gasteiger charge is -2.41. The van der Waals surface area contributed by atoms with Crippen LogP contribution in [-0.4, -0.2) is 56.0 Å². The molecule has 1 saturated heterocycles. The Morgan fingerprint density at radius 2 is 2.00 bits per heavy atom. The summed E-state index contributed by atoms with van der Waals surface area (Å²) in [6.07, 6.45) is 9.03. The number of hydrogen-bond donors (Lipinski definition) is 2. The number of aromatic nitrogens is 4. The molecule has 1 aliphatic heterocycles. The highest BCUT2D eigenvalue weighted by Crippen LogP contribution is 2.56. The van der Waals surface area contributed by atoms with Crippen molar-refractivity contribution in [2.75, 3.05) is 31.2 Å². The van der Waals surface area contributed by atoms with E-state index in [4.69, 9.17) is 0 Å². The van der Waals surface area contributed by atoms with Crippen LogP contribution >= 0.6 is 0 Å². The third-order valence-corrected chi connectivity index (χ3v) is 6.96. The lowest BCUT2D eigenvalue weighted by Crippen LogP contribution is -2.34. The Balaban J connectivity index is 1.40. The van der Waals surface area contributed by atoms with Crippen molar-refractivity contribution in [3.63, 3.8) is 0 Å². The van der Waals surface area contributed by atoms with Crippen LogP contribution < -0.4 is 4.90 Å². The van der Waals surface area contributed by atoms with Gasteiger partial charge in [-0.3, -0.25) is 0 Å². The van der Waals surface area contributed by atoms with Crippen LogP contribution in [0.25, 0.3) is 11.2 Å². The van der Waals surface area contributed by atoms with Crippen LogP contribution in [0.3, 0.4) is 0 Å². The number of fused-ring (bicyclic) bond motifs is 2. The largest absolute Gasteiger partial charge is 0.396 e. The summed E-state index contributed by atoms with van der Waals surface area (Å²) in [5.41, 5.74) is 1.84. The van der Waals surface area contributed by atoms with Gasteiger partial charge >= 0.3 is 0 Å². The highest BCUT2D eigenvalue weighted by atomic mass is 16.3. The van der Waals surface area contributed by atoms with E-state index in [2.05, 4.69) is 24.4 Å². The quantitative estimate of drug-likeness (QED) is 0.845. The third-order valence-electron chi connectivity index (χ3n) is 6.96. The van der Waals surface area contributed by atoms with E-state index in [0.717, 1.165) is 55.3 Å². The predicted octanol–water partition coefficient (Wildman–Crippen LogP) is 1.61. The molecule has 3 fully saturated rings. The van der Waals surface area contributed by atoms with Crippen LogP contribution in [0, 0.1) is 23.7 Å². The van der Waals surface area contributed by atoms with Crippen LogP contribution in [0.5, 0.6) is 0 Å². The molecule has 5 rings (SSSR count). The smallest absolute Gasteiger partial charge is 0.165 e. The Kier molecular flexibility index (Phi) is 4.09. The number of nitrogens with zero attached hydrogens (tertiary/aromatic N) is 5. The van der Waals surface area contributed by atoms with E-state index in [-0.39, 0.29) is 6.61 Å². The van der Waals surface area contributed by atoms with Gasteiger partial charge in [-0.25, -0.2) is 15.0 Å². The summed E-state index contributed by atoms with van der Waals surface area (Å²) < 4.78 is 2.25. The van der Waals surface area contributed by atoms with E-state index < -0.39 is 0 Å². The van der Waals surface area contributed by atoms with Gasteiger partial charge in [-0.1, -0.05) is 0 Å². The van der Waals surface area contributed by atoms with Crippen molar-refractivity contribution in [1.29, 1.82) is 0 Å². The average molecular weight is 357 g/mol. The molecule has 0 amide bonds. The van der Waals surface area contributed by atoms with Gasteiger partial charge in [-0.05, 0) is 55.8 Å². The van der Waals surface area contributed by atoms with Gasteiger partial charge in [0.25, 0.3) is 0 Å². The zero-order valence-electron chi connectivity index (χ0n) is 15.0. The highest BCUT2D eigenvalue weighted by molar-refractivity contribution is 5.83. The molecule has 0 spiro atoms. The standard InChI is InChI=1S/C19H27N5O2/c25-4-2-12-1-3-23(8-12)18-17-19(21-10-20-18)24(11-22-17)16-7-14-5-13(9-26)6-15(14)16/h10-16,25-26H,1-9H2/t12?,13?,14-,15-,16+/m0/s1. The van der Waals surface area contributed by atoms with Gasteiger partial charge in [-0.2, -0.15) is 0 Å². The number of aliphatic hydroxyl groups is 2. The lowest BCUT2D eigenvalue weighted by molar-refractivity contribution is 0.114. The fourth-order valence-corrected chi connectivity index (χ4v) is 5.53. The monoisotopic (exact) mass is 357 g/mol. The second kappa shape index (κ2) is 6.46. The molecule has 0 aromatic carbocycles. The van der Waals surface area contributed by atoms with Crippen LogP contribution in [-0.2, 0) is 0 Å². The zero-order chi connectivity index (χ0) is 17.7. The van der Waals surface area contributed by atoms with Crippen molar-refractivity contribution in [2.45, 2.75) is 38.1 Å². The first-order valence-corrected chi connectivity index (χ1v) is 9.92. The van der Waals surface area contributed by atoms with Crippen LogP contribution in [0.15, 0.2) is 12.7 Å². The summed E-state index contributed by atoms with van der Waals surface area (Å²) in [7, 11) is 0. The minimum Gasteiger partial charge on any atom is -0.396 e. The van der Waals surface area contributed by atoms with Gasteiger partial charge in [0, 0.05) is 32.3 Å². The summed E-state index contributed by atoms with van der Waals surface area (Å²) >= 11 is 0. The summed E-state index contributed by atoms with van der Waals surface area (Å²) in [6, 6.07) is 0.463. The fraction of sp³-hybridized carbons (Fsp3) is 0.737. The van der Waals surface area contributed by atoms with E-state index >= 15 is 0 Å². The molecule has 2 aromatic rings. The normalized spacial score (nSPS) is 33.6. The maximum atomic E-state index is 9.47. The SMILES string of the molecule is OCCC1CCN(c2ncnc3c2ncn3[C@@H]2C[C@@H]3CC(CO)C[C@@H]32)C1. The molecule has 2 unspecified atom stereocenters. The topological polar surface area (TPSA) is 87.3 Å². The first-order chi connectivity index (χ1) is 12.8. The molecule has 3 aliphatic rings. The second-order valence-corrected chi connectivity index (χ2v) is 8.38. The molecule has 2 aromatic heterocycles. The van der Waals surface area contributed by atoms with Crippen molar-refractivity contribution in [3.05, 3.63) is 12.7 Å². The van der Waals surface area contributed by atoms with Crippen molar-refractivity contribution < 1.29 is 10.2 Å². The molecule has 2 aliphatic carbocycles. The van der Waals surface area contributed by atoms with Crippen LogP contribution in [0.1, 0.15) is 38.1 Å². The molecule has 140 valence electrons. The predicted molar refractivity (Wildman–Crippen MR) is 97.8 cm³/mol. The van der Waals surface area contributed by atoms with Gasteiger partial charge in [-0.15, -0.1) is 0 Å². The van der Waals surface area contributed by atoms with Gasteiger partial charge < -0.3 is 19.7 Å². The van der Waals surface area contributed by atoms with Crippen molar-refractivity contribution >= 4 is 17.0 Å². The van der Waals surface area contributed by atoms with Crippen LogP contribution in [0.2, 0.25) is 0 Å². The number of hydrogen-bond acceptors (Lipinski definition) is 6. The molecule has 2 N–H and O–H groups in total. The lowest BCUT2D eigenvalue weighted by atomic mass is 9.71. The summed E-state index contributed by atoms with van der Waals surface area (Å²) in [4.78, 5) is 16.1. The van der Waals surface area contributed by atoms with E-state index in [1.807, 2.05) is 6.33 Å². The fourth-order valence-electron chi connectivity index (χ4n) is 5.53. The third kappa shape index (κ3) is 2.52. The molecule has 0 radical (unpaired) electrons. The average Bonchev–Trinajstić information content (AvgIpc) is 3.35. The summed E-state index contributed by atoms with van der Waals surface area (Å²) in [5.74, 6) is 3.36. The Morgan fingerprint density at radius 3 is 2.85 bits per heavy atom. The van der Waals surface area contributed by atoms with Crippen molar-refractivity contribution in [2.24, 2.45) is 23.7 Å². The van der Waals surface area contributed by atoms with Gasteiger partial charge in [0.05, 0.1) is 6.33 Å². The molecule has 3 heterocycles. The highest BCUT2D eigenvalue weighted by Gasteiger charge is 2.48. The molecular formula is C19H27N5O2. The molecule has 7 nitrogen and oxygen atoms in total. The summed E-state index contributed by atoms with van der Waals surface area (Å²) in [5, 5.41) is 18.7. The van der Waals surface area contributed by atoms with Gasteiger partial charge in [0.1, 0.15) is 6.33 Å². The maximum Gasteiger partial charge on any atom is 0.165 e. The molecule has 0 bridgehead atoms. The van der Waals surface area contributed by atoms with E-state index in [9.17, 15) is 10.2 Å². The zero-order valence-corrected chi connectivity index (χ0v) is 15.0. The Hall–Kier alpha value is -1.73. The second-order valence-electron chi connectivity index (χ2n) is 8.38. The van der Waals surface area contributed by atoms with Gasteiger partial charge in [0.2, 0.25) is 0 Å². The maximum absolute atomic E-state index is 9.47. The minimum absolute atomic E-state index is 0.255. The summed E-state index contributed by atoms with van der Waals surface area (Å²) in [6.45, 7) is 2.48. The van der Waals surface area contributed by atoms with Crippen molar-refractivity contribution in [3.8, 4) is 0 Å². The Morgan fingerprint density at radius 1 is 1.08 bits per heavy atom. The molecule has 7 heteroatoms. The Labute approximate surface area is 153 Å². The number of imidazole rings is 1. The Bertz CT molecular complexity index is 793. The minimum atomic E-state index is 0.255. The van der Waals surface area contributed by atoms with Gasteiger partial charge in [0.15, 0.2) is 17.0 Å². The first-order valence-electron chi connectivity index (χ1n) is 9.92. The molecular weight excluding hydrogens is 330 g/mol. The van der Waals surface area contributed by atoms with E-state index in [1.54, 1.807) is 6.33 Å². The first kappa shape index (κ1) is 16.4.